The zero-order chi connectivity index (χ0) is 19.8. The molecule has 1 aromatic carbocycles. The average molecular weight is 414 g/mol. The Labute approximate surface area is 162 Å². The third kappa shape index (κ3) is 3.87. The largest absolute Gasteiger partial charge is 0.495 e. The van der Waals surface area contributed by atoms with E-state index in [1.807, 2.05) is 23.7 Å². The van der Waals surface area contributed by atoms with Crippen molar-refractivity contribution in [2.45, 2.75) is 12.8 Å². The molecular weight excluding hydrogens is 390 g/mol. The maximum atomic E-state index is 12.7. The van der Waals surface area contributed by atoms with Crippen LogP contribution in [0.2, 0.25) is 0 Å². The molecule has 0 aliphatic carbocycles. The number of hydrogen-bond donors (Lipinski definition) is 0. The van der Waals surface area contributed by atoms with Crippen molar-refractivity contribution in [2.75, 3.05) is 33.6 Å². The molecule has 2 heterocycles. The van der Waals surface area contributed by atoms with Gasteiger partial charge in [-0.1, -0.05) is 11.3 Å². The SMILES string of the molecule is COc1ccc(OC)c2c1sc(=NC(=O)C1CCN(S(C)(=O)=O)CC1)n2C. The van der Waals surface area contributed by atoms with Gasteiger partial charge in [0.25, 0.3) is 5.91 Å². The number of methoxy groups -OCH3 is 2. The quantitative estimate of drug-likeness (QED) is 0.755. The zero-order valence-electron chi connectivity index (χ0n) is 15.8. The van der Waals surface area contributed by atoms with Gasteiger partial charge in [-0.05, 0) is 25.0 Å². The maximum Gasteiger partial charge on any atom is 0.251 e. The Kier molecular flexibility index (Phi) is 5.59. The number of carbonyl (C=O) groups excluding carboxylic acids is 1. The molecule has 1 amide bonds. The first kappa shape index (κ1) is 19.8. The monoisotopic (exact) mass is 413 g/mol. The number of sulfonamides is 1. The van der Waals surface area contributed by atoms with Gasteiger partial charge in [-0.2, -0.15) is 4.99 Å². The second kappa shape index (κ2) is 7.61. The van der Waals surface area contributed by atoms with Crippen molar-refractivity contribution in [3.8, 4) is 11.5 Å². The van der Waals surface area contributed by atoms with Crippen molar-refractivity contribution in [3.63, 3.8) is 0 Å². The lowest BCUT2D eigenvalue weighted by molar-refractivity contribution is -0.122. The summed E-state index contributed by atoms with van der Waals surface area (Å²) in [7, 11) is 1.81. The molecule has 1 aliphatic heterocycles. The van der Waals surface area contributed by atoms with Gasteiger partial charge in [-0.3, -0.25) is 4.79 Å². The summed E-state index contributed by atoms with van der Waals surface area (Å²) < 4.78 is 38.2. The molecule has 0 radical (unpaired) electrons. The smallest absolute Gasteiger partial charge is 0.251 e. The van der Waals surface area contributed by atoms with Gasteiger partial charge in [0.2, 0.25) is 10.0 Å². The highest BCUT2D eigenvalue weighted by molar-refractivity contribution is 7.88. The van der Waals surface area contributed by atoms with Crippen LogP contribution in [0.3, 0.4) is 0 Å². The van der Waals surface area contributed by atoms with E-state index in [9.17, 15) is 13.2 Å². The van der Waals surface area contributed by atoms with Crippen LogP contribution in [-0.4, -0.2) is 56.8 Å². The predicted molar refractivity (Wildman–Crippen MR) is 104 cm³/mol. The Morgan fingerprint density at radius 3 is 2.33 bits per heavy atom. The van der Waals surface area contributed by atoms with Crippen LogP contribution in [0.4, 0.5) is 0 Å². The minimum Gasteiger partial charge on any atom is -0.495 e. The van der Waals surface area contributed by atoms with Gasteiger partial charge in [0.1, 0.15) is 21.7 Å². The number of carbonyl (C=O) groups is 1. The third-order valence-corrected chi connectivity index (χ3v) is 7.24. The molecule has 0 atom stereocenters. The van der Waals surface area contributed by atoms with Crippen LogP contribution < -0.4 is 14.3 Å². The summed E-state index contributed by atoms with van der Waals surface area (Å²) in [5.41, 5.74) is 0.820. The highest BCUT2D eigenvalue weighted by Crippen LogP contribution is 2.34. The summed E-state index contributed by atoms with van der Waals surface area (Å²) in [6.45, 7) is 0.704. The Bertz CT molecular complexity index is 1030. The minimum absolute atomic E-state index is 0.219. The number of amides is 1. The number of aromatic nitrogens is 1. The average Bonchev–Trinajstić information content (AvgIpc) is 2.97. The molecule has 1 fully saturated rings. The van der Waals surface area contributed by atoms with Crippen LogP contribution in [0.15, 0.2) is 17.1 Å². The van der Waals surface area contributed by atoms with E-state index < -0.39 is 10.0 Å². The number of rotatable bonds is 4. The lowest BCUT2D eigenvalue weighted by Crippen LogP contribution is -2.39. The van der Waals surface area contributed by atoms with E-state index in [4.69, 9.17) is 9.47 Å². The molecule has 0 bridgehead atoms. The van der Waals surface area contributed by atoms with E-state index in [1.165, 1.54) is 21.9 Å². The number of nitrogens with zero attached hydrogens (tertiary/aromatic N) is 3. The van der Waals surface area contributed by atoms with E-state index >= 15 is 0 Å². The van der Waals surface area contributed by atoms with Gasteiger partial charge < -0.3 is 14.0 Å². The summed E-state index contributed by atoms with van der Waals surface area (Å²) in [5.74, 6) is 0.891. The van der Waals surface area contributed by atoms with Gasteiger partial charge >= 0.3 is 0 Å². The molecule has 1 saturated heterocycles. The molecule has 0 N–H and O–H groups in total. The molecular formula is C17H23N3O5S2. The molecule has 1 aliphatic rings. The molecule has 10 heteroatoms. The Balaban J connectivity index is 1.92. The second-order valence-electron chi connectivity index (χ2n) is 6.48. The van der Waals surface area contributed by atoms with Crippen molar-refractivity contribution in [3.05, 3.63) is 16.9 Å². The number of hydrogen-bond acceptors (Lipinski definition) is 6. The van der Waals surface area contributed by atoms with Crippen LogP contribution in [0.25, 0.3) is 10.2 Å². The first-order chi connectivity index (χ1) is 12.8. The van der Waals surface area contributed by atoms with E-state index in [-0.39, 0.29) is 11.8 Å². The van der Waals surface area contributed by atoms with Gasteiger partial charge in [0.15, 0.2) is 4.80 Å². The Hall–Kier alpha value is -1.91. The van der Waals surface area contributed by atoms with Gasteiger partial charge in [-0.25, -0.2) is 12.7 Å². The summed E-state index contributed by atoms with van der Waals surface area (Å²) >= 11 is 1.37. The molecule has 1 aromatic heterocycles. The van der Waals surface area contributed by atoms with E-state index in [0.717, 1.165) is 10.2 Å². The number of ether oxygens (including phenoxy) is 2. The molecule has 0 unspecified atom stereocenters. The molecule has 148 valence electrons. The van der Waals surface area contributed by atoms with Crippen LogP contribution in [0.5, 0.6) is 11.5 Å². The van der Waals surface area contributed by atoms with Crippen LogP contribution in [-0.2, 0) is 21.9 Å². The number of fused-ring (bicyclic) bond motifs is 1. The fourth-order valence-corrected chi connectivity index (χ4v) is 5.26. The lowest BCUT2D eigenvalue weighted by Gasteiger charge is -2.28. The molecule has 2 aromatic rings. The zero-order valence-corrected chi connectivity index (χ0v) is 17.4. The number of aryl methyl sites for hydroxylation is 1. The number of benzene rings is 1. The fraction of sp³-hybridized carbons (Fsp3) is 0.529. The third-order valence-electron chi connectivity index (χ3n) is 4.79. The van der Waals surface area contributed by atoms with Crippen molar-refractivity contribution in [1.82, 2.24) is 8.87 Å². The highest BCUT2D eigenvalue weighted by Gasteiger charge is 2.29. The summed E-state index contributed by atoms with van der Waals surface area (Å²) in [4.78, 5) is 17.5. The van der Waals surface area contributed by atoms with Crippen molar-refractivity contribution in [1.29, 1.82) is 0 Å². The standard InChI is InChI=1S/C17H23N3O5S2/c1-19-14-12(24-2)5-6-13(25-3)15(14)26-17(19)18-16(21)11-7-9-20(10-8-11)27(4,22)23/h5-6,11H,7-10H2,1-4H3. The molecule has 0 saturated carbocycles. The fourth-order valence-electron chi connectivity index (χ4n) is 3.25. The summed E-state index contributed by atoms with van der Waals surface area (Å²) in [6.07, 6.45) is 2.16. The van der Waals surface area contributed by atoms with Crippen LogP contribution >= 0.6 is 11.3 Å². The van der Waals surface area contributed by atoms with Crippen molar-refractivity contribution in [2.24, 2.45) is 18.0 Å². The molecule has 3 rings (SSSR count). The molecule has 27 heavy (non-hydrogen) atoms. The van der Waals surface area contributed by atoms with E-state index in [1.54, 1.807) is 14.2 Å². The van der Waals surface area contributed by atoms with E-state index in [2.05, 4.69) is 4.99 Å². The normalized spacial score (nSPS) is 17.4. The van der Waals surface area contributed by atoms with E-state index in [0.29, 0.717) is 42.2 Å². The lowest BCUT2D eigenvalue weighted by atomic mass is 9.98. The molecule has 8 nitrogen and oxygen atoms in total. The topological polar surface area (TPSA) is 90.2 Å². The van der Waals surface area contributed by atoms with Crippen LogP contribution in [0, 0.1) is 5.92 Å². The molecule has 0 spiro atoms. The minimum atomic E-state index is -3.21. The van der Waals surface area contributed by atoms with Crippen LogP contribution in [0.1, 0.15) is 12.8 Å². The number of thiazole rings is 1. The first-order valence-corrected chi connectivity index (χ1v) is 11.2. The second-order valence-corrected chi connectivity index (χ2v) is 9.44. The van der Waals surface area contributed by atoms with Crippen molar-refractivity contribution < 1.29 is 22.7 Å². The van der Waals surface area contributed by atoms with Gasteiger partial charge in [0, 0.05) is 26.1 Å². The Morgan fingerprint density at radius 1 is 1.19 bits per heavy atom. The summed E-state index contributed by atoms with van der Waals surface area (Å²) in [5, 5.41) is 0. The number of piperidine rings is 1. The predicted octanol–water partition coefficient (Wildman–Crippen LogP) is 1.36. The maximum absolute atomic E-state index is 12.7. The Morgan fingerprint density at radius 2 is 1.78 bits per heavy atom. The van der Waals surface area contributed by atoms with Gasteiger partial charge in [-0.15, -0.1) is 0 Å². The van der Waals surface area contributed by atoms with Gasteiger partial charge in [0.05, 0.1) is 20.5 Å². The summed E-state index contributed by atoms with van der Waals surface area (Å²) in [6, 6.07) is 3.64. The highest BCUT2D eigenvalue weighted by atomic mass is 32.2. The first-order valence-electron chi connectivity index (χ1n) is 8.50. The van der Waals surface area contributed by atoms with Crippen molar-refractivity contribution >= 4 is 37.5 Å².